The molecule has 1 aromatic heterocycles. The first-order valence-corrected chi connectivity index (χ1v) is 4.86. The first kappa shape index (κ1) is 9.83. The Morgan fingerprint density at radius 1 is 1.40 bits per heavy atom. The quantitative estimate of drug-likeness (QED) is 0.753. The SMILES string of the molecule is CCn1cnnc1-c1cc(F)ccc1C. The summed E-state index contributed by atoms with van der Waals surface area (Å²) in [7, 11) is 0. The molecular weight excluding hydrogens is 193 g/mol. The zero-order valence-electron chi connectivity index (χ0n) is 8.74. The molecule has 0 radical (unpaired) electrons. The summed E-state index contributed by atoms with van der Waals surface area (Å²) in [4.78, 5) is 0. The lowest BCUT2D eigenvalue weighted by Gasteiger charge is -2.06. The summed E-state index contributed by atoms with van der Waals surface area (Å²) < 4.78 is 15.0. The van der Waals surface area contributed by atoms with E-state index >= 15 is 0 Å². The number of halogens is 1. The Kier molecular flexibility index (Phi) is 2.49. The Bertz CT molecular complexity index is 476. The van der Waals surface area contributed by atoms with Crippen molar-refractivity contribution in [1.82, 2.24) is 14.8 Å². The van der Waals surface area contributed by atoms with Gasteiger partial charge in [0.1, 0.15) is 12.1 Å². The van der Waals surface area contributed by atoms with Gasteiger partial charge in [0, 0.05) is 12.1 Å². The van der Waals surface area contributed by atoms with Crippen LogP contribution in [0, 0.1) is 12.7 Å². The van der Waals surface area contributed by atoms with Gasteiger partial charge in [0.15, 0.2) is 5.82 Å². The zero-order valence-corrected chi connectivity index (χ0v) is 8.74. The third-order valence-corrected chi connectivity index (χ3v) is 2.40. The van der Waals surface area contributed by atoms with Crippen LogP contribution in [0.5, 0.6) is 0 Å². The number of hydrogen-bond donors (Lipinski definition) is 0. The lowest BCUT2D eigenvalue weighted by atomic mass is 10.1. The summed E-state index contributed by atoms with van der Waals surface area (Å²) in [6, 6.07) is 4.69. The smallest absolute Gasteiger partial charge is 0.164 e. The van der Waals surface area contributed by atoms with Crippen LogP contribution in [0.4, 0.5) is 4.39 Å². The molecular formula is C11H12FN3. The molecule has 0 aliphatic rings. The molecule has 15 heavy (non-hydrogen) atoms. The van der Waals surface area contributed by atoms with E-state index in [2.05, 4.69) is 10.2 Å². The number of aromatic nitrogens is 3. The van der Waals surface area contributed by atoms with Crippen molar-refractivity contribution >= 4 is 0 Å². The van der Waals surface area contributed by atoms with E-state index in [9.17, 15) is 4.39 Å². The van der Waals surface area contributed by atoms with Crippen LogP contribution in [0.15, 0.2) is 24.5 Å². The molecule has 0 unspecified atom stereocenters. The molecule has 2 aromatic rings. The molecule has 0 N–H and O–H groups in total. The molecule has 1 heterocycles. The molecule has 4 heteroatoms. The van der Waals surface area contributed by atoms with Crippen molar-refractivity contribution in [2.45, 2.75) is 20.4 Å². The van der Waals surface area contributed by atoms with Gasteiger partial charge in [0.05, 0.1) is 0 Å². The van der Waals surface area contributed by atoms with Crippen molar-refractivity contribution in [2.75, 3.05) is 0 Å². The van der Waals surface area contributed by atoms with E-state index in [1.54, 1.807) is 12.4 Å². The minimum absolute atomic E-state index is 0.249. The molecule has 1 aromatic carbocycles. The topological polar surface area (TPSA) is 30.7 Å². The standard InChI is InChI=1S/C11H12FN3/c1-3-15-7-13-14-11(15)10-6-9(12)5-4-8(10)2/h4-7H,3H2,1-2H3. The maximum absolute atomic E-state index is 13.1. The molecule has 0 bridgehead atoms. The molecule has 0 amide bonds. The van der Waals surface area contributed by atoms with E-state index in [1.807, 2.05) is 18.4 Å². The number of hydrogen-bond acceptors (Lipinski definition) is 2. The molecule has 78 valence electrons. The third-order valence-electron chi connectivity index (χ3n) is 2.40. The minimum Gasteiger partial charge on any atom is -0.314 e. The normalized spacial score (nSPS) is 10.6. The van der Waals surface area contributed by atoms with Crippen molar-refractivity contribution in [3.05, 3.63) is 35.9 Å². The second-order valence-electron chi connectivity index (χ2n) is 3.40. The van der Waals surface area contributed by atoms with Crippen LogP contribution in [0.1, 0.15) is 12.5 Å². The monoisotopic (exact) mass is 205 g/mol. The highest BCUT2D eigenvalue weighted by Crippen LogP contribution is 2.21. The molecule has 0 atom stereocenters. The van der Waals surface area contributed by atoms with Gasteiger partial charge in [-0.1, -0.05) is 6.07 Å². The summed E-state index contributed by atoms with van der Waals surface area (Å²) in [5.41, 5.74) is 1.80. The Hall–Kier alpha value is -1.71. The predicted octanol–water partition coefficient (Wildman–Crippen LogP) is 2.41. The Morgan fingerprint density at radius 2 is 2.20 bits per heavy atom. The lowest BCUT2D eigenvalue weighted by molar-refractivity contribution is 0.627. The second kappa shape index (κ2) is 3.81. The number of benzene rings is 1. The zero-order chi connectivity index (χ0) is 10.8. The van der Waals surface area contributed by atoms with Gasteiger partial charge in [-0.3, -0.25) is 0 Å². The summed E-state index contributed by atoms with van der Waals surface area (Å²) in [5, 5.41) is 7.84. The van der Waals surface area contributed by atoms with E-state index in [-0.39, 0.29) is 5.82 Å². The molecule has 0 spiro atoms. The van der Waals surface area contributed by atoms with Gasteiger partial charge in [-0.15, -0.1) is 10.2 Å². The van der Waals surface area contributed by atoms with E-state index in [1.165, 1.54) is 12.1 Å². The van der Waals surface area contributed by atoms with Crippen LogP contribution in [-0.2, 0) is 6.54 Å². The summed E-state index contributed by atoms with van der Waals surface area (Å²) in [6.07, 6.45) is 1.65. The van der Waals surface area contributed by atoms with Crippen molar-refractivity contribution in [2.24, 2.45) is 0 Å². The number of aryl methyl sites for hydroxylation is 2. The van der Waals surface area contributed by atoms with Gasteiger partial charge < -0.3 is 4.57 Å². The van der Waals surface area contributed by atoms with Gasteiger partial charge >= 0.3 is 0 Å². The first-order chi connectivity index (χ1) is 7.22. The Morgan fingerprint density at radius 3 is 2.93 bits per heavy atom. The van der Waals surface area contributed by atoms with Gasteiger partial charge in [-0.05, 0) is 31.5 Å². The van der Waals surface area contributed by atoms with E-state index in [0.29, 0.717) is 0 Å². The highest BCUT2D eigenvalue weighted by Gasteiger charge is 2.09. The van der Waals surface area contributed by atoms with Gasteiger partial charge in [-0.25, -0.2) is 4.39 Å². The molecule has 0 fully saturated rings. The Labute approximate surface area is 87.6 Å². The van der Waals surface area contributed by atoms with Crippen LogP contribution in [-0.4, -0.2) is 14.8 Å². The summed E-state index contributed by atoms with van der Waals surface area (Å²) >= 11 is 0. The lowest BCUT2D eigenvalue weighted by Crippen LogP contribution is -1.97. The average Bonchev–Trinajstić information content (AvgIpc) is 2.69. The molecule has 2 rings (SSSR count). The first-order valence-electron chi connectivity index (χ1n) is 4.86. The van der Waals surface area contributed by atoms with Crippen molar-refractivity contribution in [3.63, 3.8) is 0 Å². The fourth-order valence-electron chi connectivity index (χ4n) is 1.53. The van der Waals surface area contributed by atoms with E-state index in [4.69, 9.17) is 0 Å². The fraction of sp³-hybridized carbons (Fsp3) is 0.273. The van der Waals surface area contributed by atoms with E-state index in [0.717, 1.165) is 23.5 Å². The Balaban J connectivity index is 2.58. The van der Waals surface area contributed by atoms with Crippen molar-refractivity contribution in [1.29, 1.82) is 0 Å². The van der Waals surface area contributed by atoms with Crippen LogP contribution in [0.2, 0.25) is 0 Å². The molecule has 0 aliphatic carbocycles. The predicted molar refractivity (Wildman–Crippen MR) is 55.8 cm³/mol. The minimum atomic E-state index is -0.249. The van der Waals surface area contributed by atoms with Crippen LogP contribution in [0.3, 0.4) is 0 Å². The van der Waals surface area contributed by atoms with Gasteiger partial charge in [0.2, 0.25) is 0 Å². The molecule has 3 nitrogen and oxygen atoms in total. The average molecular weight is 205 g/mol. The molecule has 0 saturated heterocycles. The highest BCUT2D eigenvalue weighted by atomic mass is 19.1. The van der Waals surface area contributed by atoms with Crippen LogP contribution in [0.25, 0.3) is 11.4 Å². The summed E-state index contributed by atoms with van der Waals surface area (Å²) in [5.74, 6) is 0.468. The van der Waals surface area contributed by atoms with Gasteiger partial charge in [-0.2, -0.15) is 0 Å². The van der Waals surface area contributed by atoms with E-state index < -0.39 is 0 Å². The highest BCUT2D eigenvalue weighted by molar-refractivity contribution is 5.59. The third kappa shape index (κ3) is 1.75. The molecule has 0 aliphatic heterocycles. The largest absolute Gasteiger partial charge is 0.314 e. The maximum atomic E-state index is 13.1. The van der Waals surface area contributed by atoms with Crippen LogP contribution < -0.4 is 0 Å². The van der Waals surface area contributed by atoms with Crippen molar-refractivity contribution in [3.8, 4) is 11.4 Å². The number of rotatable bonds is 2. The van der Waals surface area contributed by atoms with Crippen molar-refractivity contribution < 1.29 is 4.39 Å². The summed E-state index contributed by atoms with van der Waals surface area (Å²) in [6.45, 7) is 4.71. The maximum Gasteiger partial charge on any atom is 0.164 e. The fourth-order valence-corrected chi connectivity index (χ4v) is 1.53. The second-order valence-corrected chi connectivity index (χ2v) is 3.40. The van der Waals surface area contributed by atoms with Crippen LogP contribution >= 0.6 is 0 Å². The molecule has 0 saturated carbocycles. The number of nitrogens with zero attached hydrogens (tertiary/aromatic N) is 3. The van der Waals surface area contributed by atoms with Gasteiger partial charge in [0.25, 0.3) is 0 Å².